The second-order valence-electron chi connectivity index (χ2n) is 4.65. The minimum absolute atomic E-state index is 0.371. The Hall–Kier alpha value is -1.45. The highest BCUT2D eigenvalue weighted by atomic mass is 35.5. The third kappa shape index (κ3) is 2.62. The second kappa shape index (κ2) is 5.27. The molecule has 0 saturated carbocycles. The minimum atomic E-state index is -0.759. The number of halogens is 2. The Morgan fingerprint density at radius 1 is 1.32 bits per heavy atom. The van der Waals surface area contributed by atoms with Crippen LogP contribution >= 0.6 is 11.6 Å². The lowest BCUT2D eigenvalue weighted by Crippen LogP contribution is -2.38. The molecular weight excluding hydrogens is 263 g/mol. The lowest BCUT2D eigenvalue weighted by molar-refractivity contribution is 0.499. The molecule has 1 aromatic heterocycles. The first kappa shape index (κ1) is 14.0. The molecule has 0 saturated heterocycles. The predicted molar refractivity (Wildman–Crippen MR) is 75.6 cm³/mol. The van der Waals surface area contributed by atoms with Gasteiger partial charge < -0.3 is 5.73 Å². The molecule has 2 aromatic rings. The quantitative estimate of drug-likeness (QED) is 0.928. The van der Waals surface area contributed by atoms with Gasteiger partial charge in [-0.2, -0.15) is 0 Å². The summed E-state index contributed by atoms with van der Waals surface area (Å²) in [6.07, 6.45) is 1.83. The molecule has 19 heavy (non-hydrogen) atoms. The maximum absolute atomic E-state index is 13.0. The number of nitrogens with zero attached hydrogens (tertiary/aromatic N) is 1. The maximum atomic E-state index is 13.0. The zero-order valence-electron chi connectivity index (χ0n) is 11.0. The van der Waals surface area contributed by atoms with Crippen molar-refractivity contribution in [3.05, 3.63) is 64.2 Å². The molecule has 1 atom stereocenters. The van der Waals surface area contributed by atoms with Gasteiger partial charge in [0, 0.05) is 5.02 Å². The van der Waals surface area contributed by atoms with Crippen molar-refractivity contribution < 1.29 is 4.39 Å². The molecule has 0 bridgehead atoms. The fourth-order valence-electron chi connectivity index (χ4n) is 2.04. The largest absolute Gasteiger partial charge is 0.316 e. The van der Waals surface area contributed by atoms with E-state index < -0.39 is 5.54 Å². The molecule has 2 nitrogen and oxygen atoms in total. The Balaban J connectivity index is 2.52. The maximum Gasteiger partial charge on any atom is 0.141 e. The molecule has 1 heterocycles. The summed E-state index contributed by atoms with van der Waals surface area (Å²) in [5, 5.41) is 0.669. The molecule has 4 heteroatoms. The lowest BCUT2D eigenvalue weighted by Gasteiger charge is -2.28. The van der Waals surface area contributed by atoms with Crippen LogP contribution in [0.25, 0.3) is 0 Å². The van der Waals surface area contributed by atoms with Crippen molar-refractivity contribution in [2.45, 2.75) is 25.8 Å². The van der Waals surface area contributed by atoms with Crippen molar-refractivity contribution in [2.24, 2.45) is 5.73 Å². The van der Waals surface area contributed by atoms with Crippen LogP contribution in [0.1, 0.15) is 30.2 Å². The normalized spacial score (nSPS) is 14.2. The van der Waals surface area contributed by atoms with E-state index in [9.17, 15) is 4.39 Å². The fourth-order valence-corrected chi connectivity index (χ4v) is 2.22. The fraction of sp³-hybridized carbons (Fsp3) is 0.267. The molecule has 1 aromatic carbocycles. The van der Waals surface area contributed by atoms with Crippen LogP contribution in [-0.4, -0.2) is 4.98 Å². The topological polar surface area (TPSA) is 38.9 Å². The van der Waals surface area contributed by atoms with E-state index in [1.165, 1.54) is 12.3 Å². The molecule has 0 aliphatic carbocycles. The number of hydrogen-bond acceptors (Lipinski definition) is 2. The molecule has 2 rings (SSSR count). The Labute approximate surface area is 117 Å². The van der Waals surface area contributed by atoms with Crippen LogP contribution in [0.2, 0.25) is 5.02 Å². The number of rotatable bonds is 3. The zero-order valence-corrected chi connectivity index (χ0v) is 11.7. The molecule has 0 radical (unpaired) electrons. The van der Waals surface area contributed by atoms with Crippen LogP contribution in [0.5, 0.6) is 0 Å². The van der Waals surface area contributed by atoms with Crippen LogP contribution < -0.4 is 5.73 Å². The van der Waals surface area contributed by atoms with E-state index in [1.807, 2.05) is 32.0 Å². The molecule has 2 N–H and O–H groups in total. The summed E-state index contributed by atoms with van der Waals surface area (Å²) < 4.78 is 13.0. The van der Waals surface area contributed by atoms with E-state index in [0.717, 1.165) is 11.1 Å². The van der Waals surface area contributed by atoms with Gasteiger partial charge in [0.15, 0.2) is 0 Å². The van der Waals surface area contributed by atoms with Crippen LogP contribution in [-0.2, 0) is 5.54 Å². The number of aryl methyl sites for hydroxylation is 1. The van der Waals surface area contributed by atoms with Gasteiger partial charge in [0.1, 0.15) is 5.82 Å². The van der Waals surface area contributed by atoms with E-state index >= 15 is 0 Å². The van der Waals surface area contributed by atoms with Gasteiger partial charge in [0.25, 0.3) is 0 Å². The Morgan fingerprint density at radius 2 is 2.05 bits per heavy atom. The molecule has 0 amide bonds. The van der Waals surface area contributed by atoms with Crippen LogP contribution in [0.15, 0.2) is 36.5 Å². The van der Waals surface area contributed by atoms with Crippen molar-refractivity contribution >= 4 is 11.6 Å². The average molecular weight is 279 g/mol. The summed E-state index contributed by atoms with van der Waals surface area (Å²) in [6.45, 7) is 3.91. The minimum Gasteiger partial charge on any atom is -0.316 e. The highest BCUT2D eigenvalue weighted by Crippen LogP contribution is 2.31. The van der Waals surface area contributed by atoms with Crippen molar-refractivity contribution in [3.63, 3.8) is 0 Å². The Morgan fingerprint density at radius 3 is 2.58 bits per heavy atom. The number of benzene rings is 1. The summed E-state index contributed by atoms with van der Waals surface area (Å²) in [4.78, 5) is 4.11. The summed E-state index contributed by atoms with van der Waals surface area (Å²) >= 11 is 6.15. The number of pyridine rings is 1. The van der Waals surface area contributed by atoms with Gasteiger partial charge in [-0.1, -0.05) is 30.7 Å². The third-order valence-electron chi connectivity index (χ3n) is 3.43. The van der Waals surface area contributed by atoms with Gasteiger partial charge >= 0.3 is 0 Å². The SMILES string of the molecule is CCC(N)(c1ccc(C)c(Cl)c1)c1ccc(F)cn1. The molecule has 0 aliphatic rings. The first-order valence-corrected chi connectivity index (χ1v) is 6.52. The van der Waals surface area contributed by atoms with E-state index in [4.69, 9.17) is 17.3 Å². The molecule has 0 spiro atoms. The molecule has 0 fully saturated rings. The third-order valence-corrected chi connectivity index (χ3v) is 3.84. The summed E-state index contributed by atoms with van der Waals surface area (Å²) in [5.74, 6) is -0.371. The van der Waals surface area contributed by atoms with E-state index in [-0.39, 0.29) is 5.82 Å². The summed E-state index contributed by atoms with van der Waals surface area (Å²) in [5.41, 5.74) is 8.22. The van der Waals surface area contributed by atoms with Crippen LogP contribution in [0.4, 0.5) is 4.39 Å². The predicted octanol–water partition coefficient (Wildman–Crippen LogP) is 3.79. The van der Waals surface area contributed by atoms with Crippen LogP contribution in [0.3, 0.4) is 0 Å². The number of aromatic nitrogens is 1. The second-order valence-corrected chi connectivity index (χ2v) is 5.06. The van der Waals surface area contributed by atoms with Gasteiger partial charge in [-0.05, 0) is 42.7 Å². The smallest absolute Gasteiger partial charge is 0.141 e. The van der Waals surface area contributed by atoms with Crippen molar-refractivity contribution in [1.82, 2.24) is 4.98 Å². The van der Waals surface area contributed by atoms with Gasteiger partial charge in [0.2, 0.25) is 0 Å². The monoisotopic (exact) mass is 278 g/mol. The van der Waals surface area contributed by atoms with Gasteiger partial charge in [-0.15, -0.1) is 0 Å². The average Bonchev–Trinajstić information content (AvgIpc) is 2.42. The lowest BCUT2D eigenvalue weighted by atomic mass is 9.84. The summed E-state index contributed by atoms with van der Waals surface area (Å²) in [7, 11) is 0. The molecule has 1 unspecified atom stereocenters. The van der Waals surface area contributed by atoms with Crippen molar-refractivity contribution in [2.75, 3.05) is 0 Å². The van der Waals surface area contributed by atoms with Gasteiger partial charge in [-0.3, -0.25) is 4.98 Å². The molecule has 100 valence electrons. The molecular formula is C15H16ClFN2. The first-order chi connectivity index (χ1) is 8.97. The van der Waals surface area contributed by atoms with E-state index in [0.29, 0.717) is 17.1 Å². The van der Waals surface area contributed by atoms with E-state index in [2.05, 4.69) is 4.98 Å². The van der Waals surface area contributed by atoms with Gasteiger partial charge in [-0.25, -0.2) is 4.39 Å². The zero-order chi connectivity index (χ0) is 14.0. The van der Waals surface area contributed by atoms with Crippen molar-refractivity contribution in [3.8, 4) is 0 Å². The summed E-state index contributed by atoms with van der Waals surface area (Å²) in [6, 6.07) is 8.71. The standard InChI is InChI=1S/C15H16ClFN2/c1-3-15(18,14-7-6-12(17)9-19-14)11-5-4-10(2)13(16)8-11/h4-9H,3,18H2,1-2H3. The van der Waals surface area contributed by atoms with Gasteiger partial charge in [0.05, 0.1) is 17.4 Å². The first-order valence-electron chi connectivity index (χ1n) is 6.15. The Kier molecular flexibility index (Phi) is 3.88. The molecule has 0 aliphatic heterocycles. The highest BCUT2D eigenvalue weighted by Gasteiger charge is 2.29. The van der Waals surface area contributed by atoms with Crippen LogP contribution in [0, 0.1) is 12.7 Å². The number of hydrogen-bond donors (Lipinski definition) is 1. The van der Waals surface area contributed by atoms with E-state index in [1.54, 1.807) is 6.07 Å². The van der Waals surface area contributed by atoms with Crippen molar-refractivity contribution in [1.29, 1.82) is 0 Å². The Bertz CT molecular complexity index is 583. The highest BCUT2D eigenvalue weighted by molar-refractivity contribution is 6.31. The number of nitrogens with two attached hydrogens (primary N) is 1.